The standard InChI is InChI=1S/C16H22O4Si/c1-5-11-21(3,4)12-20-16(18)14-9-7-13(8-10-14)15(17)19-6-2/h5,7-10H,1,6,11-12H2,2-4H3. The van der Waals surface area contributed by atoms with Crippen LogP contribution in [0.1, 0.15) is 27.6 Å². The van der Waals surface area contributed by atoms with Crippen molar-refractivity contribution in [1.82, 2.24) is 0 Å². The van der Waals surface area contributed by atoms with Gasteiger partial charge in [-0.05, 0) is 37.2 Å². The second kappa shape index (κ2) is 7.78. The van der Waals surface area contributed by atoms with Crippen molar-refractivity contribution in [1.29, 1.82) is 0 Å². The topological polar surface area (TPSA) is 52.6 Å². The van der Waals surface area contributed by atoms with Crippen LogP contribution in [0, 0.1) is 0 Å². The minimum Gasteiger partial charge on any atom is -0.466 e. The van der Waals surface area contributed by atoms with E-state index in [4.69, 9.17) is 9.47 Å². The van der Waals surface area contributed by atoms with Gasteiger partial charge < -0.3 is 9.47 Å². The van der Waals surface area contributed by atoms with E-state index in [1.165, 1.54) is 0 Å². The number of hydrogen-bond donors (Lipinski definition) is 0. The number of allylic oxidation sites excluding steroid dienone is 1. The lowest BCUT2D eigenvalue weighted by Gasteiger charge is -2.19. The van der Waals surface area contributed by atoms with Gasteiger partial charge in [-0.3, -0.25) is 0 Å². The Morgan fingerprint density at radius 3 is 2.00 bits per heavy atom. The summed E-state index contributed by atoms with van der Waals surface area (Å²) < 4.78 is 10.2. The van der Waals surface area contributed by atoms with Crippen LogP contribution < -0.4 is 0 Å². The molecule has 0 saturated carbocycles. The predicted octanol–water partition coefficient (Wildman–Crippen LogP) is 3.45. The number of ether oxygens (including phenoxy) is 2. The van der Waals surface area contributed by atoms with E-state index in [0.29, 0.717) is 24.0 Å². The van der Waals surface area contributed by atoms with E-state index in [0.717, 1.165) is 6.04 Å². The molecule has 1 rings (SSSR count). The minimum atomic E-state index is -1.57. The number of esters is 2. The van der Waals surface area contributed by atoms with Gasteiger partial charge in [0.25, 0.3) is 0 Å². The maximum atomic E-state index is 12.0. The highest BCUT2D eigenvalue weighted by Crippen LogP contribution is 2.12. The van der Waals surface area contributed by atoms with Crippen LogP contribution in [0.5, 0.6) is 0 Å². The number of carbonyl (C=O) groups excluding carboxylic acids is 2. The second-order valence-electron chi connectivity index (χ2n) is 5.53. The first-order valence-electron chi connectivity index (χ1n) is 6.95. The molecule has 0 saturated heterocycles. The highest BCUT2D eigenvalue weighted by atomic mass is 28.3. The summed E-state index contributed by atoms with van der Waals surface area (Å²) in [6, 6.07) is 7.21. The number of hydrogen-bond acceptors (Lipinski definition) is 4. The van der Waals surface area contributed by atoms with Crippen molar-refractivity contribution >= 4 is 20.0 Å². The Balaban J connectivity index is 2.63. The molecule has 0 aliphatic rings. The van der Waals surface area contributed by atoms with Gasteiger partial charge in [-0.25, -0.2) is 9.59 Å². The largest absolute Gasteiger partial charge is 0.466 e. The fourth-order valence-corrected chi connectivity index (χ4v) is 3.17. The normalized spacial score (nSPS) is 10.8. The van der Waals surface area contributed by atoms with E-state index in [1.807, 2.05) is 6.08 Å². The summed E-state index contributed by atoms with van der Waals surface area (Å²) >= 11 is 0. The molecule has 0 N–H and O–H groups in total. The van der Waals surface area contributed by atoms with Crippen LogP contribution in [0.3, 0.4) is 0 Å². The zero-order valence-electron chi connectivity index (χ0n) is 12.8. The zero-order valence-corrected chi connectivity index (χ0v) is 13.8. The summed E-state index contributed by atoms with van der Waals surface area (Å²) in [7, 11) is -1.57. The van der Waals surface area contributed by atoms with Gasteiger partial charge in [0.15, 0.2) is 0 Å². The van der Waals surface area contributed by atoms with Crippen LogP contribution in [-0.4, -0.2) is 32.8 Å². The van der Waals surface area contributed by atoms with Crippen molar-refractivity contribution in [2.75, 3.05) is 12.8 Å². The first kappa shape index (κ1) is 17.2. The van der Waals surface area contributed by atoms with Gasteiger partial charge in [-0.2, -0.15) is 0 Å². The summed E-state index contributed by atoms with van der Waals surface area (Å²) in [6.45, 7) is 10.1. The fraction of sp³-hybridized carbons (Fsp3) is 0.375. The SMILES string of the molecule is C=CC[Si](C)(C)COC(=O)c1ccc(C(=O)OCC)cc1. The molecule has 0 amide bonds. The smallest absolute Gasteiger partial charge is 0.338 e. The van der Waals surface area contributed by atoms with Crippen molar-refractivity contribution in [2.24, 2.45) is 0 Å². The zero-order chi connectivity index (χ0) is 15.9. The van der Waals surface area contributed by atoms with E-state index in [2.05, 4.69) is 19.7 Å². The first-order chi connectivity index (χ1) is 9.89. The third kappa shape index (κ3) is 5.55. The molecular formula is C16H22O4Si. The van der Waals surface area contributed by atoms with Gasteiger partial charge in [0.2, 0.25) is 0 Å². The van der Waals surface area contributed by atoms with E-state index in [9.17, 15) is 9.59 Å². The Morgan fingerprint density at radius 1 is 1.10 bits per heavy atom. The monoisotopic (exact) mass is 306 g/mol. The molecule has 0 bridgehead atoms. The van der Waals surface area contributed by atoms with Gasteiger partial charge in [0, 0.05) is 0 Å². The molecule has 0 spiro atoms. The Kier molecular flexibility index (Phi) is 6.36. The third-order valence-corrected chi connectivity index (χ3v) is 5.24. The molecule has 0 radical (unpaired) electrons. The Morgan fingerprint density at radius 2 is 1.57 bits per heavy atom. The number of benzene rings is 1. The molecule has 4 nitrogen and oxygen atoms in total. The van der Waals surface area contributed by atoms with Crippen molar-refractivity contribution in [3.63, 3.8) is 0 Å². The summed E-state index contributed by atoms with van der Waals surface area (Å²) in [4.78, 5) is 23.5. The molecule has 0 fully saturated rings. The average molecular weight is 306 g/mol. The molecule has 5 heteroatoms. The van der Waals surface area contributed by atoms with Gasteiger partial charge in [-0.15, -0.1) is 6.58 Å². The predicted molar refractivity (Wildman–Crippen MR) is 85.2 cm³/mol. The molecule has 0 atom stereocenters. The van der Waals surface area contributed by atoms with Gasteiger partial charge in [0.05, 0.1) is 32.0 Å². The van der Waals surface area contributed by atoms with Crippen molar-refractivity contribution < 1.29 is 19.1 Å². The number of carbonyl (C=O) groups is 2. The molecular weight excluding hydrogens is 284 g/mol. The lowest BCUT2D eigenvalue weighted by atomic mass is 10.1. The Hall–Kier alpha value is -1.88. The summed E-state index contributed by atoms with van der Waals surface area (Å²) in [6.07, 6.45) is 2.33. The Labute approximate surface area is 126 Å². The first-order valence-corrected chi connectivity index (χ1v) is 10.4. The lowest BCUT2D eigenvalue weighted by Crippen LogP contribution is -2.33. The molecule has 0 aliphatic carbocycles. The van der Waals surface area contributed by atoms with E-state index >= 15 is 0 Å². The van der Waals surface area contributed by atoms with E-state index < -0.39 is 14.0 Å². The van der Waals surface area contributed by atoms with Crippen LogP contribution in [0.2, 0.25) is 19.1 Å². The lowest BCUT2D eigenvalue weighted by molar-refractivity contribution is 0.0521. The maximum absolute atomic E-state index is 12.0. The Bertz CT molecular complexity index is 506. The van der Waals surface area contributed by atoms with Crippen LogP contribution >= 0.6 is 0 Å². The van der Waals surface area contributed by atoms with Gasteiger partial charge in [0.1, 0.15) is 0 Å². The molecule has 0 heterocycles. The van der Waals surface area contributed by atoms with E-state index in [-0.39, 0.29) is 5.97 Å². The van der Waals surface area contributed by atoms with Gasteiger partial charge in [-0.1, -0.05) is 19.2 Å². The summed E-state index contributed by atoms with van der Waals surface area (Å²) in [5.41, 5.74) is 0.862. The highest BCUT2D eigenvalue weighted by molar-refractivity contribution is 6.77. The second-order valence-corrected chi connectivity index (χ2v) is 10.6. The highest BCUT2D eigenvalue weighted by Gasteiger charge is 2.22. The summed E-state index contributed by atoms with van der Waals surface area (Å²) in [5.74, 6) is -0.757. The van der Waals surface area contributed by atoms with Crippen molar-refractivity contribution in [3.8, 4) is 0 Å². The van der Waals surface area contributed by atoms with E-state index in [1.54, 1.807) is 31.2 Å². The number of rotatable bonds is 7. The average Bonchev–Trinajstić information content (AvgIpc) is 2.45. The molecule has 1 aromatic carbocycles. The molecule has 1 aromatic rings. The van der Waals surface area contributed by atoms with Crippen LogP contribution in [-0.2, 0) is 9.47 Å². The fourth-order valence-electron chi connectivity index (χ4n) is 1.75. The van der Waals surface area contributed by atoms with Crippen LogP contribution in [0.4, 0.5) is 0 Å². The van der Waals surface area contributed by atoms with Crippen LogP contribution in [0.15, 0.2) is 36.9 Å². The van der Waals surface area contributed by atoms with Crippen molar-refractivity contribution in [3.05, 3.63) is 48.0 Å². The molecule has 21 heavy (non-hydrogen) atoms. The quantitative estimate of drug-likeness (QED) is 0.440. The molecule has 0 unspecified atom stereocenters. The van der Waals surface area contributed by atoms with Crippen molar-refractivity contribution in [2.45, 2.75) is 26.1 Å². The third-order valence-electron chi connectivity index (χ3n) is 2.92. The maximum Gasteiger partial charge on any atom is 0.338 e. The minimum absolute atomic E-state index is 0.325. The summed E-state index contributed by atoms with van der Waals surface area (Å²) in [5, 5.41) is 0. The molecule has 0 aliphatic heterocycles. The molecule has 0 aromatic heterocycles. The molecule has 114 valence electrons. The van der Waals surface area contributed by atoms with Gasteiger partial charge >= 0.3 is 11.9 Å². The van der Waals surface area contributed by atoms with Crippen LogP contribution in [0.25, 0.3) is 0 Å².